The van der Waals surface area contributed by atoms with E-state index in [1.165, 1.54) is 11.8 Å². The van der Waals surface area contributed by atoms with Crippen LogP contribution in [0.25, 0.3) is 0 Å². The van der Waals surface area contributed by atoms with Crippen molar-refractivity contribution < 1.29 is 9.59 Å². The maximum Gasteiger partial charge on any atom is 0.243 e. The van der Waals surface area contributed by atoms with Gasteiger partial charge < -0.3 is 10.2 Å². The van der Waals surface area contributed by atoms with E-state index in [9.17, 15) is 9.59 Å². The van der Waals surface area contributed by atoms with Gasteiger partial charge in [0.1, 0.15) is 6.04 Å². The van der Waals surface area contributed by atoms with Crippen LogP contribution in [0.2, 0.25) is 10.0 Å². The molecule has 1 N–H and O–H groups in total. The minimum Gasteiger partial charge on any atom is -0.354 e. The predicted molar refractivity (Wildman–Crippen MR) is 155 cm³/mol. The van der Waals surface area contributed by atoms with Gasteiger partial charge in [0.15, 0.2) is 0 Å². The second-order valence-corrected chi connectivity index (χ2v) is 11.1. The summed E-state index contributed by atoms with van der Waals surface area (Å²) in [6, 6.07) is 22.5. The molecule has 36 heavy (non-hydrogen) atoms. The van der Waals surface area contributed by atoms with Crippen LogP contribution in [0.15, 0.2) is 77.3 Å². The van der Waals surface area contributed by atoms with Crippen LogP contribution in [0.1, 0.15) is 30.0 Å². The lowest BCUT2D eigenvalue weighted by atomic mass is 10.0. The average molecular weight is 608 g/mol. The molecule has 2 amide bonds. The fourth-order valence-corrected chi connectivity index (χ4v) is 5.12. The molecule has 0 spiro atoms. The summed E-state index contributed by atoms with van der Waals surface area (Å²) >= 11 is 17.1. The normalized spacial score (nSPS) is 11.7. The van der Waals surface area contributed by atoms with Gasteiger partial charge in [0.25, 0.3) is 0 Å². The topological polar surface area (TPSA) is 49.4 Å². The first-order valence-electron chi connectivity index (χ1n) is 11.7. The van der Waals surface area contributed by atoms with Gasteiger partial charge in [-0.2, -0.15) is 0 Å². The van der Waals surface area contributed by atoms with Gasteiger partial charge in [0.2, 0.25) is 11.8 Å². The Balaban J connectivity index is 1.82. The first-order chi connectivity index (χ1) is 17.4. The van der Waals surface area contributed by atoms with E-state index in [-0.39, 0.29) is 17.6 Å². The fraction of sp³-hybridized carbons (Fsp3) is 0.286. The highest BCUT2D eigenvalue weighted by Crippen LogP contribution is 2.25. The van der Waals surface area contributed by atoms with E-state index >= 15 is 0 Å². The van der Waals surface area contributed by atoms with Crippen molar-refractivity contribution >= 4 is 62.7 Å². The summed E-state index contributed by atoms with van der Waals surface area (Å²) in [7, 11) is 0. The molecule has 8 heteroatoms. The second-order valence-electron chi connectivity index (χ2n) is 8.39. The molecule has 0 radical (unpaired) electrons. The van der Waals surface area contributed by atoms with Crippen LogP contribution in [0, 0.1) is 0 Å². The van der Waals surface area contributed by atoms with Gasteiger partial charge in [-0.15, -0.1) is 11.8 Å². The number of rotatable bonds is 12. The monoisotopic (exact) mass is 606 g/mol. The minimum atomic E-state index is -0.624. The Kier molecular flexibility index (Phi) is 11.6. The average Bonchev–Trinajstić information content (AvgIpc) is 2.88. The highest BCUT2D eigenvalue weighted by atomic mass is 79.9. The van der Waals surface area contributed by atoms with Crippen LogP contribution in [0.3, 0.4) is 0 Å². The van der Waals surface area contributed by atoms with Gasteiger partial charge in [0.05, 0.1) is 15.8 Å². The largest absolute Gasteiger partial charge is 0.354 e. The molecular weight excluding hydrogens is 579 g/mol. The van der Waals surface area contributed by atoms with E-state index in [0.717, 1.165) is 27.6 Å². The molecule has 0 aromatic heterocycles. The maximum absolute atomic E-state index is 13.6. The predicted octanol–water partition coefficient (Wildman–Crippen LogP) is 7.16. The number of halogens is 3. The first-order valence-corrected chi connectivity index (χ1v) is 14.4. The van der Waals surface area contributed by atoms with Crippen LogP contribution in [-0.2, 0) is 28.3 Å². The number of benzene rings is 3. The van der Waals surface area contributed by atoms with Crippen molar-refractivity contribution in [1.82, 2.24) is 10.2 Å². The van der Waals surface area contributed by atoms with E-state index in [4.69, 9.17) is 23.2 Å². The zero-order valence-electron chi connectivity index (χ0n) is 20.1. The molecule has 190 valence electrons. The fourth-order valence-electron chi connectivity index (χ4n) is 3.68. The van der Waals surface area contributed by atoms with E-state index in [1.54, 1.807) is 11.0 Å². The second kappa shape index (κ2) is 14.7. The smallest absolute Gasteiger partial charge is 0.243 e. The summed E-state index contributed by atoms with van der Waals surface area (Å²) in [5, 5.41) is 4.00. The number of carbonyl (C=O) groups excluding carboxylic acids is 2. The molecule has 0 fully saturated rings. The highest BCUT2D eigenvalue weighted by Gasteiger charge is 2.30. The third-order valence-corrected chi connectivity index (χ3v) is 7.82. The number of hydrogen-bond acceptors (Lipinski definition) is 3. The van der Waals surface area contributed by atoms with Gasteiger partial charge >= 0.3 is 0 Å². The van der Waals surface area contributed by atoms with E-state index in [0.29, 0.717) is 35.3 Å². The van der Waals surface area contributed by atoms with Crippen LogP contribution in [0.4, 0.5) is 0 Å². The van der Waals surface area contributed by atoms with Crippen molar-refractivity contribution in [1.29, 1.82) is 0 Å². The zero-order valence-corrected chi connectivity index (χ0v) is 24.0. The Hall–Kier alpha value is -1.99. The molecule has 0 aliphatic carbocycles. The number of hydrogen-bond donors (Lipinski definition) is 1. The Bertz CT molecular complexity index is 1150. The molecule has 0 heterocycles. The number of nitrogens with zero attached hydrogens (tertiary/aromatic N) is 1. The zero-order chi connectivity index (χ0) is 25.9. The Morgan fingerprint density at radius 2 is 1.64 bits per heavy atom. The lowest BCUT2D eigenvalue weighted by Crippen LogP contribution is -2.51. The van der Waals surface area contributed by atoms with E-state index in [2.05, 4.69) is 21.2 Å². The molecule has 0 saturated carbocycles. The SMILES string of the molecule is CCCNC(=O)C(Cc1ccccc1)N(Cc1ccc(Br)cc1)C(=O)CSCc1ccc(Cl)c(Cl)c1. The van der Waals surface area contributed by atoms with Gasteiger partial charge in [-0.3, -0.25) is 9.59 Å². The quantitative estimate of drug-likeness (QED) is 0.238. The Morgan fingerprint density at radius 3 is 2.31 bits per heavy atom. The molecular formula is C28H29BrCl2N2O2S. The molecule has 3 rings (SSSR count). The number of nitrogens with one attached hydrogen (secondary N) is 1. The molecule has 1 atom stereocenters. The van der Waals surface area contributed by atoms with Gasteiger partial charge in [-0.1, -0.05) is 94.6 Å². The molecule has 4 nitrogen and oxygen atoms in total. The van der Waals surface area contributed by atoms with Crippen molar-refractivity contribution in [2.75, 3.05) is 12.3 Å². The van der Waals surface area contributed by atoms with Crippen molar-refractivity contribution in [3.63, 3.8) is 0 Å². The number of amides is 2. The van der Waals surface area contributed by atoms with Crippen molar-refractivity contribution in [2.45, 2.75) is 38.1 Å². The third kappa shape index (κ3) is 8.84. The summed E-state index contributed by atoms with van der Waals surface area (Å²) in [6.07, 6.45) is 1.26. The number of carbonyl (C=O) groups is 2. The Morgan fingerprint density at radius 1 is 0.944 bits per heavy atom. The van der Waals surface area contributed by atoms with Crippen LogP contribution in [0.5, 0.6) is 0 Å². The molecule has 0 aliphatic rings. The van der Waals surface area contributed by atoms with Gasteiger partial charge in [0, 0.05) is 29.7 Å². The van der Waals surface area contributed by atoms with Gasteiger partial charge in [-0.25, -0.2) is 0 Å². The lowest BCUT2D eigenvalue weighted by molar-refractivity contribution is -0.139. The standard InChI is InChI=1S/C28H29BrCl2N2O2S/c1-2-14-32-28(35)26(16-20-6-4-3-5-7-20)33(17-21-8-11-23(29)12-9-21)27(34)19-36-18-22-10-13-24(30)25(31)15-22/h3-13,15,26H,2,14,16-19H2,1H3,(H,32,35). The van der Waals surface area contributed by atoms with Crippen LogP contribution >= 0.6 is 50.9 Å². The van der Waals surface area contributed by atoms with E-state index < -0.39 is 6.04 Å². The van der Waals surface area contributed by atoms with Crippen molar-refractivity contribution in [3.8, 4) is 0 Å². The summed E-state index contributed by atoms with van der Waals surface area (Å²) in [6.45, 7) is 2.92. The van der Waals surface area contributed by atoms with Crippen molar-refractivity contribution in [3.05, 3.63) is 104 Å². The number of thioether (sulfide) groups is 1. The molecule has 0 saturated heterocycles. The highest BCUT2D eigenvalue weighted by molar-refractivity contribution is 9.10. The molecule has 1 unspecified atom stereocenters. The molecule has 3 aromatic carbocycles. The minimum absolute atomic E-state index is 0.0874. The third-order valence-electron chi connectivity index (χ3n) is 5.56. The van der Waals surface area contributed by atoms with E-state index in [1.807, 2.05) is 73.7 Å². The maximum atomic E-state index is 13.6. The van der Waals surface area contributed by atoms with Crippen molar-refractivity contribution in [2.24, 2.45) is 0 Å². The first kappa shape index (κ1) is 28.6. The summed E-state index contributed by atoms with van der Waals surface area (Å²) in [5.74, 6) is 0.625. The molecule has 0 bridgehead atoms. The summed E-state index contributed by atoms with van der Waals surface area (Å²) in [5.41, 5.74) is 2.96. The Labute approximate surface area is 235 Å². The van der Waals surface area contributed by atoms with Crippen LogP contribution in [-0.4, -0.2) is 35.1 Å². The van der Waals surface area contributed by atoms with Gasteiger partial charge in [-0.05, 0) is 47.4 Å². The molecule has 3 aromatic rings. The van der Waals surface area contributed by atoms with Crippen LogP contribution < -0.4 is 5.32 Å². The summed E-state index contributed by atoms with van der Waals surface area (Å²) in [4.78, 5) is 28.6. The molecule has 0 aliphatic heterocycles. The lowest BCUT2D eigenvalue weighted by Gasteiger charge is -2.31. The summed E-state index contributed by atoms with van der Waals surface area (Å²) < 4.78 is 0.961.